The van der Waals surface area contributed by atoms with Gasteiger partial charge in [-0.2, -0.15) is 0 Å². The van der Waals surface area contributed by atoms with Crippen molar-refractivity contribution in [3.8, 4) is 11.5 Å². The van der Waals surface area contributed by atoms with E-state index in [9.17, 15) is 0 Å². The van der Waals surface area contributed by atoms with Gasteiger partial charge in [0.05, 0.1) is 0 Å². The van der Waals surface area contributed by atoms with Crippen molar-refractivity contribution in [3.05, 3.63) is 130 Å². The predicted molar refractivity (Wildman–Crippen MR) is 167 cm³/mol. The van der Waals surface area contributed by atoms with Crippen LogP contribution in [0.3, 0.4) is 0 Å². The highest BCUT2D eigenvalue weighted by molar-refractivity contribution is 5.30. The number of hydrogen-bond acceptors (Lipinski definition) is 6. The van der Waals surface area contributed by atoms with Gasteiger partial charge in [-0.15, -0.1) is 0 Å². The van der Waals surface area contributed by atoms with Crippen LogP contribution >= 0.6 is 0 Å². The van der Waals surface area contributed by atoms with E-state index >= 15 is 0 Å². The lowest BCUT2D eigenvalue weighted by Gasteiger charge is -2.10. The highest BCUT2D eigenvalue weighted by Gasteiger charge is 2.01. The molecule has 0 unspecified atom stereocenters. The number of nitrogens with one attached hydrogen (secondary N) is 2. The quantitative estimate of drug-likeness (QED) is 0.116. The lowest BCUT2D eigenvalue weighted by Crippen LogP contribution is -2.17. The minimum Gasteiger partial charge on any atom is -0.489 e. The molecule has 0 aliphatic carbocycles. The Morgan fingerprint density at radius 3 is 1.29 bits per heavy atom. The third kappa shape index (κ3) is 11.0. The van der Waals surface area contributed by atoms with Gasteiger partial charge in [-0.05, 0) is 83.6 Å². The van der Waals surface area contributed by atoms with E-state index in [1.54, 1.807) is 0 Å². The molecule has 0 heterocycles. The van der Waals surface area contributed by atoms with E-state index in [0.29, 0.717) is 26.3 Å². The molecule has 0 aliphatic rings. The summed E-state index contributed by atoms with van der Waals surface area (Å²) in [4.78, 5) is 0. The molecule has 6 N–H and O–H groups in total. The minimum absolute atomic E-state index is 0.547. The SMILES string of the molecule is NCc1ccc(OCc2cccc(CNCCCCCNCc3cccc(COc4ccc(CN)cc4)c3)c2)cc1. The molecule has 6 nitrogen and oxygen atoms in total. The molecule has 41 heavy (non-hydrogen) atoms. The lowest BCUT2D eigenvalue weighted by atomic mass is 10.1. The largest absolute Gasteiger partial charge is 0.489 e. The van der Waals surface area contributed by atoms with Crippen LogP contribution in [0.15, 0.2) is 97.1 Å². The Hall–Kier alpha value is -3.68. The van der Waals surface area contributed by atoms with Crippen LogP contribution < -0.4 is 31.6 Å². The highest BCUT2D eigenvalue weighted by atomic mass is 16.5. The number of benzene rings is 4. The van der Waals surface area contributed by atoms with Gasteiger partial charge in [0.15, 0.2) is 0 Å². The Morgan fingerprint density at radius 2 is 0.878 bits per heavy atom. The van der Waals surface area contributed by atoms with E-state index in [0.717, 1.165) is 48.8 Å². The lowest BCUT2D eigenvalue weighted by molar-refractivity contribution is 0.306. The van der Waals surface area contributed by atoms with Crippen LogP contribution in [0.5, 0.6) is 11.5 Å². The zero-order valence-corrected chi connectivity index (χ0v) is 24.0. The molecule has 4 aromatic rings. The maximum Gasteiger partial charge on any atom is 0.119 e. The molecule has 0 saturated carbocycles. The molecule has 0 atom stereocenters. The van der Waals surface area contributed by atoms with Crippen molar-refractivity contribution in [2.24, 2.45) is 11.5 Å². The number of nitrogens with two attached hydrogens (primary N) is 2. The molecule has 0 amide bonds. The van der Waals surface area contributed by atoms with Crippen LogP contribution in [-0.2, 0) is 39.4 Å². The highest BCUT2D eigenvalue weighted by Crippen LogP contribution is 2.16. The molecule has 0 aliphatic heterocycles. The van der Waals surface area contributed by atoms with Gasteiger partial charge in [-0.3, -0.25) is 0 Å². The third-order valence-corrected chi connectivity index (χ3v) is 6.98. The molecule has 4 aromatic carbocycles. The Balaban J connectivity index is 1.04. The Morgan fingerprint density at radius 1 is 0.463 bits per heavy atom. The van der Waals surface area contributed by atoms with E-state index in [1.807, 2.05) is 48.5 Å². The van der Waals surface area contributed by atoms with Crippen LogP contribution in [0.2, 0.25) is 0 Å². The monoisotopic (exact) mass is 552 g/mol. The Kier molecular flexibility index (Phi) is 12.7. The van der Waals surface area contributed by atoms with Crippen LogP contribution in [0, 0.1) is 0 Å². The van der Waals surface area contributed by atoms with Gasteiger partial charge in [0.25, 0.3) is 0 Å². The van der Waals surface area contributed by atoms with Crippen LogP contribution in [0.4, 0.5) is 0 Å². The minimum atomic E-state index is 0.547. The molecule has 216 valence electrons. The number of rotatable bonds is 18. The fourth-order valence-corrected chi connectivity index (χ4v) is 4.58. The molecule has 6 heteroatoms. The zero-order valence-electron chi connectivity index (χ0n) is 24.0. The zero-order chi connectivity index (χ0) is 28.5. The first kappa shape index (κ1) is 30.3. The second kappa shape index (κ2) is 17.2. The first-order valence-electron chi connectivity index (χ1n) is 14.6. The second-order valence-corrected chi connectivity index (χ2v) is 10.3. The molecule has 0 aromatic heterocycles. The van der Waals surface area contributed by atoms with Crippen molar-refractivity contribution >= 4 is 0 Å². The van der Waals surface area contributed by atoms with Crippen molar-refractivity contribution < 1.29 is 9.47 Å². The number of ether oxygens (including phenoxy) is 2. The van der Waals surface area contributed by atoms with Gasteiger partial charge in [0.1, 0.15) is 24.7 Å². The molecule has 0 bridgehead atoms. The maximum atomic E-state index is 5.93. The molecule has 0 fully saturated rings. The summed E-state index contributed by atoms with van der Waals surface area (Å²) in [5.74, 6) is 1.73. The summed E-state index contributed by atoms with van der Waals surface area (Å²) in [5.41, 5.74) is 18.5. The summed E-state index contributed by atoms with van der Waals surface area (Å²) in [5, 5.41) is 7.15. The molecule has 0 radical (unpaired) electrons. The molecular formula is C35H44N4O2. The first-order valence-corrected chi connectivity index (χ1v) is 14.6. The summed E-state index contributed by atoms with van der Waals surface area (Å²) >= 11 is 0. The van der Waals surface area contributed by atoms with E-state index in [-0.39, 0.29) is 0 Å². The van der Waals surface area contributed by atoms with Gasteiger partial charge >= 0.3 is 0 Å². The Labute approximate surface area is 245 Å². The van der Waals surface area contributed by atoms with Gasteiger partial charge in [-0.25, -0.2) is 0 Å². The van der Waals surface area contributed by atoms with Crippen molar-refractivity contribution in [2.45, 2.75) is 58.7 Å². The maximum absolute atomic E-state index is 5.93. The van der Waals surface area contributed by atoms with Gasteiger partial charge < -0.3 is 31.6 Å². The normalized spacial score (nSPS) is 11.0. The standard InChI is InChI=1S/C35H44N4O2/c36-22-28-10-14-34(15-11-28)40-26-32-8-4-6-30(20-32)24-38-18-2-1-3-19-39-25-31-7-5-9-33(21-31)27-41-35-16-12-29(23-37)13-17-35/h4-17,20-21,38-39H,1-3,18-19,22-27,36-37H2. The van der Waals surface area contributed by atoms with E-state index in [4.69, 9.17) is 20.9 Å². The third-order valence-electron chi connectivity index (χ3n) is 6.98. The van der Waals surface area contributed by atoms with Crippen molar-refractivity contribution in [1.82, 2.24) is 10.6 Å². The van der Waals surface area contributed by atoms with Crippen LogP contribution in [-0.4, -0.2) is 13.1 Å². The summed E-state index contributed by atoms with van der Waals surface area (Å²) in [6.45, 7) is 6.00. The topological polar surface area (TPSA) is 94.6 Å². The van der Waals surface area contributed by atoms with E-state index < -0.39 is 0 Å². The molecule has 4 rings (SSSR count). The summed E-state index contributed by atoms with van der Waals surface area (Å²) in [6, 6.07) is 33.1. The van der Waals surface area contributed by atoms with Gasteiger partial charge in [0.2, 0.25) is 0 Å². The Bertz CT molecular complexity index is 1190. The van der Waals surface area contributed by atoms with Crippen molar-refractivity contribution in [3.63, 3.8) is 0 Å². The van der Waals surface area contributed by atoms with Crippen molar-refractivity contribution in [1.29, 1.82) is 0 Å². The average molecular weight is 553 g/mol. The van der Waals surface area contributed by atoms with Crippen LogP contribution in [0.25, 0.3) is 0 Å². The first-order chi connectivity index (χ1) is 20.2. The number of hydrogen-bond donors (Lipinski definition) is 4. The van der Waals surface area contributed by atoms with E-state index in [1.165, 1.54) is 41.5 Å². The molecular weight excluding hydrogens is 508 g/mol. The molecule has 0 spiro atoms. The molecule has 0 saturated heterocycles. The smallest absolute Gasteiger partial charge is 0.119 e. The van der Waals surface area contributed by atoms with Crippen LogP contribution in [0.1, 0.15) is 52.6 Å². The fourth-order valence-electron chi connectivity index (χ4n) is 4.58. The number of unbranched alkanes of at least 4 members (excludes halogenated alkanes) is 2. The van der Waals surface area contributed by atoms with E-state index in [2.05, 4.69) is 59.2 Å². The summed E-state index contributed by atoms with van der Waals surface area (Å²) in [7, 11) is 0. The summed E-state index contributed by atoms with van der Waals surface area (Å²) in [6.07, 6.45) is 3.54. The van der Waals surface area contributed by atoms with Gasteiger partial charge in [-0.1, -0.05) is 79.2 Å². The summed E-state index contributed by atoms with van der Waals surface area (Å²) < 4.78 is 11.9. The fraction of sp³-hybridized carbons (Fsp3) is 0.314. The van der Waals surface area contributed by atoms with Crippen molar-refractivity contribution in [2.75, 3.05) is 13.1 Å². The predicted octanol–water partition coefficient (Wildman–Crippen LogP) is 5.81. The average Bonchev–Trinajstić information content (AvgIpc) is 3.03. The second-order valence-electron chi connectivity index (χ2n) is 10.3. The van der Waals surface area contributed by atoms with Gasteiger partial charge in [0, 0.05) is 26.2 Å².